The second-order valence-corrected chi connectivity index (χ2v) is 5.91. The predicted molar refractivity (Wildman–Crippen MR) is 94.8 cm³/mol. The summed E-state index contributed by atoms with van der Waals surface area (Å²) in [7, 11) is 0. The van der Waals surface area contributed by atoms with Gasteiger partial charge < -0.3 is 20.1 Å². The fourth-order valence-corrected chi connectivity index (χ4v) is 2.86. The number of aliphatic hydroxyl groups excluding tert-OH is 1. The molecule has 2 aromatic carbocycles. The van der Waals surface area contributed by atoms with Crippen molar-refractivity contribution in [1.29, 1.82) is 0 Å². The van der Waals surface area contributed by atoms with Gasteiger partial charge in [0.05, 0.1) is 12.3 Å². The maximum Gasteiger partial charge on any atom is 0.255 e. The quantitative estimate of drug-likeness (QED) is 0.845. The van der Waals surface area contributed by atoms with Crippen LogP contribution in [0.4, 0.5) is 15.8 Å². The highest BCUT2D eigenvalue weighted by molar-refractivity contribution is 6.04. The highest BCUT2D eigenvalue weighted by Gasteiger charge is 2.17. The van der Waals surface area contributed by atoms with Gasteiger partial charge in [-0.1, -0.05) is 0 Å². The van der Waals surface area contributed by atoms with Gasteiger partial charge in [-0.25, -0.2) is 4.39 Å². The van der Waals surface area contributed by atoms with Crippen molar-refractivity contribution in [3.63, 3.8) is 0 Å². The van der Waals surface area contributed by atoms with E-state index in [1.54, 1.807) is 36.4 Å². The minimum Gasteiger partial charge on any atom is -0.491 e. The summed E-state index contributed by atoms with van der Waals surface area (Å²) >= 11 is 0. The molecular formula is C19H21FN2O3. The van der Waals surface area contributed by atoms with Crippen molar-refractivity contribution < 1.29 is 19.0 Å². The zero-order valence-electron chi connectivity index (χ0n) is 13.9. The summed E-state index contributed by atoms with van der Waals surface area (Å²) in [6.07, 6.45) is 2.14. The molecule has 1 fully saturated rings. The molecule has 1 saturated heterocycles. The van der Waals surface area contributed by atoms with Crippen molar-refractivity contribution in [1.82, 2.24) is 0 Å². The molecule has 0 bridgehead atoms. The van der Waals surface area contributed by atoms with Crippen LogP contribution in [0.5, 0.6) is 5.75 Å². The van der Waals surface area contributed by atoms with Gasteiger partial charge in [-0.05, 0) is 55.3 Å². The van der Waals surface area contributed by atoms with Gasteiger partial charge in [0.1, 0.15) is 18.2 Å². The number of nitrogens with zero attached hydrogens (tertiary/aromatic N) is 1. The number of anilines is 2. The Balaban J connectivity index is 1.65. The number of benzene rings is 2. The highest BCUT2D eigenvalue weighted by atomic mass is 19.1. The van der Waals surface area contributed by atoms with Crippen molar-refractivity contribution in [3.05, 3.63) is 53.8 Å². The Morgan fingerprint density at radius 1 is 1.16 bits per heavy atom. The molecule has 0 unspecified atom stereocenters. The van der Waals surface area contributed by atoms with Gasteiger partial charge in [-0.3, -0.25) is 4.79 Å². The monoisotopic (exact) mass is 344 g/mol. The van der Waals surface area contributed by atoms with Crippen LogP contribution >= 0.6 is 0 Å². The first-order chi connectivity index (χ1) is 12.2. The van der Waals surface area contributed by atoms with Crippen LogP contribution in [0.2, 0.25) is 0 Å². The smallest absolute Gasteiger partial charge is 0.255 e. The van der Waals surface area contributed by atoms with Gasteiger partial charge in [0.15, 0.2) is 0 Å². The number of rotatable bonds is 6. The molecule has 0 aromatic heterocycles. The topological polar surface area (TPSA) is 61.8 Å². The van der Waals surface area contributed by atoms with E-state index in [0.717, 1.165) is 25.9 Å². The van der Waals surface area contributed by atoms with Crippen LogP contribution in [0, 0.1) is 5.82 Å². The molecule has 0 atom stereocenters. The molecule has 1 aliphatic heterocycles. The van der Waals surface area contributed by atoms with Gasteiger partial charge in [0.2, 0.25) is 0 Å². The minimum atomic E-state index is -0.373. The molecule has 0 saturated carbocycles. The molecule has 132 valence electrons. The molecule has 0 aliphatic carbocycles. The molecule has 25 heavy (non-hydrogen) atoms. The molecule has 3 rings (SSSR count). The minimum absolute atomic E-state index is 0.0581. The number of ether oxygens (including phenoxy) is 1. The highest BCUT2D eigenvalue weighted by Crippen LogP contribution is 2.25. The van der Waals surface area contributed by atoms with E-state index in [1.807, 2.05) is 4.90 Å². The van der Waals surface area contributed by atoms with E-state index in [4.69, 9.17) is 9.84 Å². The van der Waals surface area contributed by atoms with Crippen LogP contribution in [-0.2, 0) is 0 Å². The Morgan fingerprint density at radius 2 is 1.88 bits per heavy atom. The molecule has 1 aliphatic rings. The van der Waals surface area contributed by atoms with Crippen LogP contribution in [0.1, 0.15) is 23.2 Å². The fraction of sp³-hybridized carbons (Fsp3) is 0.316. The van der Waals surface area contributed by atoms with Crippen molar-refractivity contribution in [2.45, 2.75) is 12.8 Å². The molecule has 6 heteroatoms. The van der Waals surface area contributed by atoms with E-state index in [9.17, 15) is 9.18 Å². The van der Waals surface area contributed by atoms with Gasteiger partial charge in [-0.2, -0.15) is 0 Å². The van der Waals surface area contributed by atoms with Crippen molar-refractivity contribution in [2.75, 3.05) is 36.5 Å². The first-order valence-corrected chi connectivity index (χ1v) is 8.37. The third-order valence-electron chi connectivity index (χ3n) is 4.13. The Morgan fingerprint density at radius 3 is 2.52 bits per heavy atom. The SMILES string of the molecule is O=C(Nc1ccc(OCCO)cc1)c1ccc(N2CCCC2)c(F)c1. The van der Waals surface area contributed by atoms with Crippen LogP contribution in [0.3, 0.4) is 0 Å². The van der Waals surface area contributed by atoms with Gasteiger partial charge in [0.25, 0.3) is 5.91 Å². The molecule has 0 radical (unpaired) electrons. The van der Waals surface area contributed by atoms with E-state index in [0.29, 0.717) is 17.1 Å². The lowest BCUT2D eigenvalue weighted by molar-refractivity contribution is 0.102. The predicted octanol–water partition coefficient (Wildman–Crippen LogP) is 3.05. The summed E-state index contributed by atoms with van der Waals surface area (Å²) in [5, 5.41) is 11.5. The Hall–Kier alpha value is -2.60. The number of aliphatic hydroxyl groups is 1. The zero-order valence-corrected chi connectivity index (χ0v) is 13.9. The van der Waals surface area contributed by atoms with E-state index in [2.05, 4.69) is 5.32 Å². The van der Waals surface area contributed by atoms with Crippen LogP contribution in [0.25, 0.3) is 0 Å². The first-order valence-electron chi connectivity index (χ1n) is 8.37. The first kappa shape index (κ1) is 17.2. The summed E-state index contributed by atoms with van der Waals surface area (Å²) in [5.41, 5.74) is 1.42. The lowest BCUT2D eigenvalue weighted by Crippen LogP contribution is -2.19. The second-order valence-electron chi connectivity index (χ2n) is 5.91. The average molecular weight is 344 g/mol. The Bertz CT molecular complexity index is 728. The van der Waals surface area contributed by atoms with Crippen molar-refractivity contribution >= 4 is 17.3 Å². The van der Waals surface area contributed by atoms with Crippen molar-refractivity contribution in [3.8, 4) is 5.75 Å². The standard InChI is InChI=1S/C19H21FN2O3/c20-17-13-14(3-8-18(17)22-9-1-2-10-22)19(24)21-15-4-6-16(7-5-15)25-12-11-23/h3-8,13,23H,1-2,9-12H2,(H,21,24). The van der Waals surface area contributed by atoms with Crippen LogP contribution in [-0.4, -0.2) is 37.3 Å². The lowest BCUT2D eigenvalue weighted by Gasteiger charge is -2.18. The Kier molecular flexibility index (Phi) is 5.50. The molecule has 1 heterocycles. The molecule has 2 N–H and O–H groups in total. The average Bonchev–Trinajstić information content (AvgIpc) is 3.15. The number of hydrogen-bond acceptors (Lipinski definition) is 4. The van der Waals surface area contributed by atoms with Gasteiger partial charge in [0, 0.05) is 24.3 Å². The maximum atomic E-state index is 14.3. The normalized spacial score (nSPS) is 13.8. The molecule has 1 amide bonds. The third kappa shape index (κ3) is 4.28. The fourth-order valence-electron chi connectivity index (χ4n) is 2.86. The van der Waals surface area contributed by atoms with E-state index in [-0.39, 0.29) is 30.5 Å². The van der Waals surface area contributed by atoms with Gasteiger partial charge in [-0.15, -0.1) is 0 Å². The summed E-state index contributed by atoms with van der Waals surface area (Å²) < 4.78 is 19.6. The largest absolute Gasteiger partial charge is 0.491 e. The number of hydrogen-bond donors (Lipinski definition) is 2. The third-order valence-corrected chi connectivity index (χ3v) is 4.13. The number of halogens is 1. The Labute approximate surface area is 146 Å². The van der Waals surface area contributed by atoms with E-state index >= 15 is 0 Å². The molecule has 5 nitrogen and oxygen atoms in total. The van der Waals surface area contributed by atoms with Crippen LogP contribution < -0.4 is 15.0 Å². The number of nitrogens with one attached hydrogen (secondary N) is 1. The summed E-state index contributed by atoms with van der Waals surface area (Å²) in [6.45, 7) is 1.87. The molecule has 2 aromatic rings. The lowest BCUT2D eigenvalue weighted by atomic mass is 10.1. The van der Waals surface area contributed by atoms with Crippen molar-refractivity contribution in [2.24, 2.45) is 0 Å². The summed E-state index contributed by atoms with van der Waals surface area (Å²) in [6, 6.07) is 11.4. The van der Waals surface area contributed by atoms with Crippen LogP contribution in [0.15, 0.2) is 42.5 Å². The van der Waals surface area contributed by atoms with E-state index < -0.39 is 0 Å². The molecular weight excluding hydrogens is 323 g/mol. The summed E-state index contributed by atoms with van der Waals surface area (Å²) in [5.74, 6) is -0.133. The number of amides is 1. The zero-order chi connectivity index (χ0) is 17.6. The second kappa shape index (κ2) is 7.98. The van der Waals surface area contributed by atoms with Gasteiger partial charge >= 0.3 is 0 Å². The maximum absolute atomic E-state index is 14.3. The number of carbonyl (C=O) groups is 1. The van der Waals surface area contributed by atoms with E-state index in [1.165, 1.54) is 6.07 Å². The number of carbonyl (C=O) groups excluding carboxylic acids is 1. The molecule has 0 spiro atoms. The summed E-state index contributed by atoms with van der Waals surface area (Å²) in [4.78, 5) is 14.3.